The number of hydrogen-bond donors (Lipinski definition) is 2. The molecule has 1 aliphatic heterocycles. The third-order valence-electron chi connectivity index (χ3n) is 2.11. The zero-order valence-electron chi connectivity index (χ0n) is 7.94. The number of nitrogens with one attached hydrogen (secondary N) is 2. The fourth-order valence-electron chi connectivity index (χ4n) is 1.46. The highest BCUT2D eigenvalue weighted by atomic mass is 79.9. The summed E-state index contributed by atoms with van der Waals surface area (Å²) < 4.78 is 14.2. The number of anilines is 2. The lowest BCUT2D eigenvalue weighted by molar-refractivity contribution is 0.626. The molecule has 0 aliphatic carbocycles. The van der Waals surface area contributed by atoms with Crippen LogP contribution in [0, 0.1) is 5.82 Å². The summed E-state index contributed by atoms with van der Waals surface area (Å²) in [6, 6.07) is 3.58. The minimum absolute atomic E-state index is 0.259. The van der Waals surface area contributed by atoms with Crippen LogP contribution in [0.2, 0.25) is 0 Å². The number of halogens is 2. The van der Waals surface area contributed by atoms with Gasteiger partial charge in [-0.25, -0.2) is 4.39 Å². The predicted molar refractivity (Wildman–Crippen MR) is 58.5 cm³/mol. The first-order chi connectivity index (χ1) is 6.59. The second-order valence-corrected chi connectivity index (χ2v) is 4.40. The molecule has 0 saturated carbocycles. The number of hydrazine groups is 2. The van der Waals surface area contributed by atoms with E-state index in [9.17, 15) is 4.39 Å². The summed E-state index contributed by atoms with van der Waals surface area (Å²) in [6.07, 6.45) is 0. The SMILES string of the molecule is CC(C)N1NNc2c(F)cc(Br)cc21. The molecule has 0 unspecified atom stereocenters. The maximum absolute atomic E-state index is 13.4. The van der Waals surface area contributed by atoms with E-state index in [1.165, 1.54) is 6.07 Å². The van der Waals surface area contributed by atoms with E-state index in [0.717, 1.165) is 10.2 Å². The normalized spacial score (nSPS) is 14.5. The van der Waals surface area contributed by atoms with Gasteiger partial charge in [-0.05, 0) is 26.0 Å². The predicted octanol–water partition coefficient (Wildman–Crippen LogP) is 2.65. The quantitative estimate of drug-likeness (QED) is 0.812. The van der Waals surface area contributed by atoms with Gasteiger partial charge in [0.1, 0.15) is 5.69 Å². The Morgan fingerprint density at radius 3 is 2.79 bits per heavy atom. The van der Waals surface area contributed by atoms with Gasteiger partial charge >= 0.3 is 0 Å². The highest BCUT2D eigenvalue weighted by molar-refractivity contribution is 9.10. The van der Waals surface area contributed by atoms with E-state index in [-0.39, 0.29) is 11.9 Å². The first-order valence-corrected chi connectivity index (χ1v) is 5.19. The van der Waals surface area contributed by atoms with Crippen molar-refractivity contribution in [3.63, 3.8) is 0 Å². The molecule has 14 heavy (non-hydrogen) atoms. The molecule has 1 aliphatic rings. The van der Waals surface area contributed by atoms with Crippen molar-refractivity contribution in [2.45, 2.75) is 19.9 Å². The lowest BCUT2D eigenvalue weighted by Crippen LogP contribution is -2.41. The smallest absolute Gasteiger partial charge is 0.150 e. The molecule has 0 fully saturated rings. The van der Waals surface area contributed by atoms with Crippen molar-refractivity contribution in [1.82, 2.24) is 5.53 Å². The Morgan fingerprint density at radius 2 is 2.14 bits per heavy atom. The summed E-state index contributed by atoms with van der Waals surface area (Å²) in [7, 11) is 0. The van der Waals surface area contributed by atoms with Crippen LogP contribution in [0.15, 0.2) is 16.6 Å². The average molecular weight is 260 g/mol. The third kappa shape index (κ3) is 1.46. The van der Waals surface area contributed by atoms with Crippen molar-refractivity contribution in [3.8, 4) is 0 Å². The maximum atomic E-state index is 13.4. The molecule has 0 radical (unpaired) electrons. The lowest BCUT2D eigenvalue weighted by Gasteiger charge is -2.22. The second kappa shape index (κ2) is 3.40. The summed E-state index contributed by atoms with van der Waals surface area (Å²) in [4.78, 5) is 0. The zero-order valence-corrected chi connectivity index (χ0v) is 9.52. The molecule has 3 nitrogen and oxygen atoms in total. The van der Waals surface area contributed by atoms with Gasteiger partial charge in [-0.1, -0.05) is 15.9 Å². The monoisotopic (exact) mass is 259 g/mol. The number of benzene rings is 1. The Kier molecular flexibility index (Phi) is 2.36. The number of nitrogens with zero attached hydrogens (tertiary/aromatic N) is 1. The van der Waals surface area contributed by atoms with E-state index < -0.39 is 0 Å². The highest BCUT2D eigenvalue weighted by Crippen LogP contribution is 2.35. The van der Waals surface area contributed by atoms with Crippen LogP contribution in [0.25, 0.3) is 0 Å². The van der Waals surface area contributed by atoms with Crippen molar-refractivity contribution >= 4 is 27.3 Å². The molecule has 0 saturated heterocycles. The number of hydrogen-bond acceptors (Lipinski definition) is 3. The minimum atomic E-state index is -0.259. The van der Waals surface area contributed by atoms with Gasteiger partial charge in [-0.3, -0.25) is 10.4 Å². The van der Waals surface area contributed by atoms with Gasteiger partial charge in [0.25, 0.3) is 0 Å². The van der Waals surface area contributed by atoms with Gasteiger partial charge in [0.15, 0.2) is 5.82 Å². The van der Waals surface area contributed by atoms with E-state index in [2.05, 4.69) is 26.9 Å². The molecule has 0 aromatic heterocycles. The van der Waals surface area contributed by atoms with Crippen LogP contribution in [-0.2, 0) is 0 Å². The molecule has 76 valence electrons. The summed E-state index contributed by atoms with van der Waals surface area (Å²) in [5, 5.41) is 1.88. The van der Waals surface area contributed by atoms with Gasteiger partial charge in [0.2, 0.25) is 0 Å². The Morgan fingerprint density at radius 1 is 1.43 bits per heavy atom. The topological polar surface area (TPSA) is 27.3 Å². The molecule has 0 bridgehead atoms. The Labute approximate surface area is 90.4 Å². The Hall–Kier alpha value is -0.810. The third-order valence-corrected chi connectivity index (χ3v) is 2.57. The Bertz CT molecular complexity index is 367. The fourth-order valence-corrected chi connectivity index (χ4v) is 1.88. The Balaban J connectivity index is 2.49. The number of fused-ring (bicyclic) bond motifs is 1. The van der Waals surface area contributed by atoms with Crippen molar-refractivity contribution in [2.24, 2.45) is 0 Å². The molecule has 0 atom stereocenters. The van der Waals surface area contributed by atoms with Crippen molar-refractivity contribution in [2.75, 3.05) is 10.4 Å². The average Bonchev–Trinajstić information content (AvgIpc) is 2.47. The molecule has 0 spiro atoms. The lowest BCUT2D eigenvalue weighted by atomic mass is 10.2. The van der Waals surface area contributed by atoms with Crippen LogP contribution in [0.4, 0.5) is 15.8 Å². The summed E-state index contributed by atoms with van der Waals surface area (Å²) in [5.74, 6) is -0.259. The van der Waals surface area contributed by atoms with Gasteiger partial charge in [0, 0.05) is 10.5 Å². The minimum Gasteiger partial charge on any atom is -0.299 e. The maximum Gasteiger partial charge on any atom is 0.150 e. The summed E-state index contributed by atoms with van der Waals surface area (Å²) >= 11 is 3.27. The van der Waals surface area contributed by atoms with Crippen LogP contribution in [0.3, 0.4) is 0 Å². The van der Waals surface area contributed by atoms with Crippen LogP contribution >= 0.6 is 15.9 Å². The molecule has 2 N–H and O–H groups in total. The largest absolute Gasteiger partial charge is 0.299 e. The van der Waals surface area contributed by atoms with E-state index in [1.54, 1.807) is 0 Å². The van der Waals surface area contributed by atoms with Crippen LogP contribution < -0.4 is 16.0 Å². The molecule has 1 heterocycles. The molecule has 2 rings (SSSR count). The molecule has 0 amide bonds. The van der Waals surface area contributed by atoms with Crippen LogP contribution in [-0.4, -0.2) is 6.04 Å². The van der Waals surface area contributed by atoms with E-state index in [1.807, 2.05) is 24.9 Å². The first-order valence-electron chi connectivity index (χ1n) is 4.39. The van der Waals surface area contributed by atoms with E-state index in [0.29, 0.717) is 5.69 Å². The highest BCUT2D eigenvalue weighted by Gasteiger charge is 2.24. The van der Waals surface area contributed by atoms with E-state index >= 15 is 0 Å². The molecule has 5 heteroatoms. The van der Waals surface area contributed by atoms with Gasteiger partial charge in [-0.2, -0.15) is 0 Å². The van der Waals surface area contributed by atoms with Gasteiger partial charge in [-0.15, -0.1) is 5.53 Å². The molecular formula is C9H11BrFN3. The van der Waals surface area contributed by atoms with Crippen LogP contribution in [0.5, 0.6) is 0 Å². The molecule has 1 aromatic rings. The van der Waals surface area contributed by atoms with Crippen molar-refractivity contribution in [3.05, 3.63) is 22.4 Å². The zero-order chi connectivity index (χ0) is 10.3. The molecular weight excluding hydrogens is 249 g/mol. The van der Waals surface area contributed by atoms with Gasteiger partial charge < -0.3 is 0 Å². The first kappa shape index (κ1) is 9.73. The fraction of sp³-hybridized carbons (Fsp3) is 0.333. The van der Waals surface area contributed by atoms with Gasteiger partial charge in [0.05, 0.1) is 5.69 Å². The molecule has 1 aromatic carbocycles. The summed E-state index contributed by atoms with van der Waals surface area (Å²) in [5.41, 5.74) is 7.05. The summed E-state index contributed by atoms with van der Waals surface area (Å²) in [6.45, 7) is 4.06. The van der Waals surface area contributed by atoms with Crippen LogP contribution in [0.1, 0.15) is 13.8 Å². The second-order valence-electron chi connectivity index (χ2n) is 3.48. The standard InChI is InChI=1S/C9H11BrFN3/c1-5(2)14-8-4-6(10)3-7(11)9(8)12-13-14/h3-5,12-13H,1-2H3. The van der Waals surface area contributed by atoms with E-state index in [4.69, 9.17) is 0 Å². The number of rotatable bonds is 1. The van der Waals surface area contributed by atoms with Crippen molar-refractivity contribution < 1.29 is 4.39 Å². The van der Waals surface area contributed by atoms with Crippen molar-refractivity contribution in [1.29, 1.82) is 0 Å².